The van der Waals surface area contributed by atoms with Crippen LogP contribution in [-0.4, -0.2) is 24.7 Å². The van der Waals surface area contributed by atoms with Gasteiger partial charge in [-0.05, 0) is 26.0 Å². The van der Waals surface area contributed by atoms with Gasteiger partial charge < -0.3 is 15.2 Å². The first-order valence-corrected chi connectivity index (χ1v) is 5.41. The number of rotatable bonds is 5. The summed E-state index contributed by atoms with van der Waals surface area (Å²) >= 11 is 0. The molecule has 1 aromatic rings. The molecular formula is C12H15F2NO3. The molecule has 0 spiro atoms. The van der Waals surface area contributed by atoms with Crippen LogP contribution in [-0.2, 0) is 9.53 Å². The zero-order valence-electron chi connectivity index (χ0n) is 10.2. The van der Waals surface area contributed by atoms with Crippen molar-refractivity contribution in [2.24, 2.45) is 5.73 Å². The molecule has 0 bridgehead atoms. The molecule has 0 aliphatic rings. The number of ether oxygens (including phenoxy) is 2. The fourth-order valence-electron chi connectivity index (χ4n) is 1.17. The highest BCUT2D eigenvalue weighted by Crippen LogP contribution is 2.18. The number of benzene rings is 1. The fraction of sp³-hybridized carbons (Fsp3) is 0.417. The quantitative estimate of drug-likeness (QED) is 0.816. The van der Waals surface area contributed by atoms with Gasteiger partial charge in [0.15, 0.2) is 11.6 Å². The summed E-state index contributed by atoms with van der Waals surface area (Å²) in [6.45, 7) is 2.98. The van der Waals surface area contributed by atoms with E-state index in [0.29, 0.717) is 6.07 Å². The minimum absolute atomic E-state index is 0.169. The van der Waals surface area contributed by atoms with Crippen LogP contribution in [0.2, 0.25) is 0 Å². The molecule has 2 N–H and O–H groups in total. The molecule has 0 amide bonds. The summed E-state index contributed by atoms with van der Waals surface area (Å²) in [5, 5.41) is 0. The van der Waals surface area contributed by atoms with E-state index in [0.717, 1.165) is 12.1 Å². The third-order valence-electron chi connectivity index (χ3n) is 2.16. The third kappa shape index (κ3) is 3.66. The van der Waals surface area contributed by atoms with E-state index < -0.39 is 23.1 Å². The van der Waals surface area contributed by atoms with Crippen LogP contribution < -0.4 is 10.5 Å². The van der Waals surface area contributed by atoms with Crippen LogP contribution in [0.1, 0.15) is 13.8 Å². The minimum atomic E-state index is -1.39. The number of carbonyl (C=O) groups is 1. The summed E-state index contributed by atoms with van der Waals surface area (Å²) in [5.41, 5.74) is 4.29. The van der Waals surface area contributed by atoms with Crippen LogP contribution in [0.3, 0.4) is 0 Å². The van der Waals surface area contributed by atoms with Gasteiger partial charge in [-0.1, -0.05) is 0 Å². The van der Waals surface area contributed by atoms with Gasteiger partial charge in [-0.15, -0.1) is 0 Å². The van der Waals surface area contributed by atoms with Gasteiger partial charge in [-0.3, -0.25) is 0 Å². The van der Waals surface area contributed by atoms with Crippen molar-refractivity contribution in [2.75, 3.05) is 13.2 Å². The zero-order valence-corrected chi connectivity index (χ0v) is 10.2. The molecule has 0 saturated carbocycles. The molecule has 1 atom stereocenters. The maximum absolute atomic E-state index is 13.3. The lowest BCUT2D eigenvalue weighted by Gasteiger charge is -2.22. The summed E-state index contributed by atoms with van der Waals surface area (Å²) in [5.74, 6) is -2.37. The van der Waals surface area contributed by atoms with E-state index in [1.165, 1.54) is 6.92 Å². The molecule has 0 aliphatic heterocycles. The highest BCUT2D eigenvalue weighted by molar-refractivity contribution is 5.80. The van der Waals surface area contributed by atoms with Gasteiger partial charge in [0, 0.05) is 6.07 Å². The molecule has 0 saturated heterocycles. The standard InChI is InChI=1S/C12H15F2NO3/c1-3-17-11(16)12(2,15)7-18-10-5-4-8(13)6-9(10)14/h4-6H,3,7,15H2,1-2H3. The van der Waals surface area contributed by atoms with E-state index in [1.54, 1.807) is 6.92 Å². The molecule has 100 valence electrons. The lowest BCUT2D eigenvalue weighted by molar-refractivity contribution is -0.150. The number of hydrogen-bond acceptors (Lipinski definition) is 4. The van der Waals surface area contributed by atoms with Crippen LogP contribution in [0.25, 0.3) is 0 Å². The molecule has 18 heavy (non-hydrogen) atoms. The Morgan fingerprint density at radius 1 is 1.44 bits per heavy atom. The highest BCUT2D eigenvalue weighted by Gasteiger charge is 2.31. The Bertz CT molecular complexity index is 435. The van der Waals surface area contributed by atoms with Crippen molar-refractivity contribution in [3.63, 3.8) is 0 Å². The monoisotopic (exact) mass is 259 g/mol. The summed E-state index contributed by atoms with van der Waals surface area (Å²) in [7, 11) is 0. The molecule has 0 fully saturated rings. The van der Waals surface area contributed by atoms with E-state index in [2.05, 4.69) is 0 Å². The Kier molecular flexibility index (Phi) is 4.61. The van der Waals surface area contributed by atoms with Crippen LogP contribution >= 0.6 is 0 Å². The summed E-state index contributed by atoms with van der Waals surface area (Å²) < 4.78 is 35.7. The molecule has 1 aromatic carbocycles. The van der Waals surface area contributed by atoms with Gasteiger partial charge in [0.25, 0.3) is 0 Å². The number of hydrogen-bond donors (Lipinski definition) is 1. The van der Waals surface area contributed by atoms with Gasteiger partial charge in [0.1, 0.15) is 18.0 Å². The Labute approximate surface area is 104 Å². The van der Waals surface area contributed by atoms with Gasteiger partial charge >= 0.3 is 5.97 Å². The van der Waals surface area contributed by atoms with Crippen LogP contribution in [0, 0.1) is 11.6 Å². The maximum atomic E-state index is 13.3. The molecule has 0 aromatic heterocycles. The molecule has 0 heterocycles. The predicted molar refractivity (Wildman–Crippen MR) is 61.1 cm³/mol. The minimum Gasteiger partial charge on any atom is -0.488 e. The van der Waals surface area contributed by atoms with E-state index in [4.69, 9.17) is 15.2 Å². The van der Waals surface area contributed by atoms with E-state index in [-0.39, 0.29) is 19.0 Å². The molecule has 0 radical (unpaired) electrons. The predicted octanol–water partition coefficient (Wildman–Crippen LogP) is 1.62. The van der Waals surface area contributed by atoms with Gasteiger partial charge in [-0.2, -0.15) is 0 Å². The summed E-state index contributed by atoms with van der Waals surface area (Å²) in [6, 6.07) is 2.87. The van der Waals surface area contributed by atoms with E-state index >= 15 is 0 Å². The number of carbonyl (C=O) groups excluding carboxylic acids is 1. The summed E-state index contributed by atoms with van der Waals surface area (Å²) in [6.07, 6.45) is 0. The zero-order chi connectivity index (χ0) is 13.8. The van der Waals surface area contributed by atoms with Crippen molar-refractivity contribution in [1.29, 1.82) is 0 Å². The topological polar surface area (TPSA) is 61.5 Å². The highest BCUT2D eigenvalue weighted by atomic mass is 19.1. The maximum Gasteiger partial charge on any atom is 0.329 e. The lowest BCUT2D eigenvalue weighted by Crippen LogP contribution is -2.51. The first-order chi connectivity index (χ1) is 8.36. The smallest absolute Gasteiger partial charge is 0.329 e. The molecule has 6 heteroatoms. The molecule has 4 nitrogen and oxygen atoms in total. The van der Waals surface area contributed by atoms with E-state index in [1.807, 2.05) is 0 Å². The first-order valence-electron chi connectivity index (χ1n) is 5.41. The summed E-state index contributed by atoms with van der Waals surface area (Å²) in [4.78, 5) is 11.4. The normalized spacial score (nSPS) is 13.8. The Balaban J connectivity index is 2.66. The first kappa shape index (κ1) is 14.4. The number of nitrogens with two attached hydrogens (primary N) is 1. The van der Waals surface area contributed by atoms with Crippen LogP contribution in [0.5, 0.6) is 5.75 Å². The largest absolute Gasteiger partial charge is 0.488 e. The van der Waals surface area contributed by atoms with Crippen LogP contribution in [0.15, 0.2) is 18.2 Å². The van der Waals surface area contributed by atoms with Gasteiger partial charge in [0.05, 0.1) is 6.61 Å². The average Bonchev–Trinajstić information content (AvgIpc) is 2.28. The number of esters is 1. The van der Waals surface area contributed by atoms with Crippen molar-refractivity contribution in [3.05, 3.63) is 29.8 Å². The Hall–Kier alpha value is -1.69. The average molecular weight is 259 g/mol. The lowest BCUT2D eigenvalue weighted by atomic mass is 10.1. The second-order valence-electron chi connectivity index (χ2n) is 4.00. The van der Waals surface area contributed by atoms with Crippen molar-refractivity contribution in [1.82, 2.24) is 0 Å². The van der Waals surface area contributed by atoms with Crippen molar-refractivity contribution in [2.45, 2.75) is 19.4 Å². The van der Waals surface area contributed by atoms with Crippen molar-refractivity contribution in [3.8, 4) is 5.75 Å². The molecular weight excluding hydrogens is 244 g/mol. The van der Waals surface area contributed by atoms with Gasteiger partial charge in [0.2, 0.25) is 0 Å². The van der Waals surface area contributed by atoms with Crippen LogP contribution in [0.4, 0.5) is 8.78 Å². The second kappa shape index (κ2) is 5.77. The molecule has 1 unspecified atom stereocenters. The van der Waals surface area contributed by atoms with Crippen molar-refractivity contribution < 1.29 is 23.0 Å². The van der Waals surface area contributed by atoms with Crippen molar-refractivity contribution >= 4 is 5.97 Å². The Morgan fingerprint density at radius 2 is 2.11 bits per heavy atom. The van der Waals surface area contributed by atoms with E-state index in [9.17, 15) is 13.6 Å². The SMILES string of the molecule is CCOC(=O)C(C)(N)COc1ccc(F)cc1F. The molecule has 0 aliphatic carbocycles. The fourth-order valence-corrected chi connectivity index (χ4v) is 1.17. The molecule has 1 rings (SSSR count). The second-order valence-corrected chi connectivity index (χ2v) is 4.00. The Morgan fingerprint density at radius 3 is 2.67 bits per heavy atom. The third-order valence-corrected chi connectivity index (χ3v) is 2.16. The number of halogens is 2. The van der Waals surface area contributed by atoms with Gasteiger partial charge in [-0.25, -0.2) is 13.6 Å².